The molecule has 0 amide bonds. The topological polar surface area (TPSA) is 55.1 Å². The second-order valence-electron chi connectivity index (χ2n) is 4.33. The average molecular weight is 217 g/mol. The second kappa shape index (κ2) is 4.08. The van der Waals surface area contributed by atoms with Gasteiger partial charge in [0.1, 0.15) is 12.1 Å². The molecule has 0 saturated heterocycles. The SMILES string of the molecule is c1cc2nncn2nc1NC1CCCCC1. The molecule has 1 aliphatic carbocycles. The third-order valence-electron chi connectivity index (χ3n) is 3.12. The Hall–Kier alpha value is -1.65. The van der Waals surface area contributed by atoms with Crippen LogP contribution in [-0.2, 0) is 0 Å². The van der Waals surface area contributed by atoms with Crippen LogP contribution in [0.5, 0.6) is 0 Å². The molecule has 1 saturated carbocycles. The lowest BCUT2D eigenvalue weighted by molar-refractivity contribution is 0.461. The van der Waals surface area contributed by atoms with E-state index in [1.54, 1.807) is 10.8 Å². The van der Waals surface area contributed by atoms with Gasteiger partial charge in [0.15, 0.2) is 5.65 Å². The van der Waals surface area contributed by atoms with Crippen LogP contribution in [0.1, 0.15) is 32.1 Å². The smallest absolute Gasteiger partial charge is 0.177 e. The van der Waals surface area contributed by atoms with Gasteiger partial charge in [-0.1, -0.05) is 19.3 Å². The van der Waals surface area contributed by atoms with E-state index in [-0.39, 0.29) is 0 Å². The summed E-state index contributed by atoms with van der Waals surface area (Å²) < 4.78 is 1.70. The van der Waals surface area contributed by atoms with E-state index in [9.17, 15) is 0 Å². The molecule has 0 radical (unpaired) electrons. The van der Waals surface area contributed by atoms with E-state index in [1.165, 1.54) is 32.1 Å². The van der Waals surface area contributed by atoms with Crippen molar-refractivity contribution in [1.29, 1.82) is 0 Å². The van der Waals surface area contributed by atoms with Crippen LogP contribution in [0.4, 0.5) is 5.82 Å². The minimum absolute atomic E-state index is 0.579. The number of hydrogen-bond acceptors (Lipinski definition) is 4. The van der Waals surface area contributed by atoms with Crippen molar-refractivity contribution < 1.29 is 0 Å². The Bertz CT molecular complexity index is 472. The van der Waals surface area contributed by atoms with Crippen molar-refractivity contribution in [1.82, 2.24) is 19.8 Å². The summed E-state index contributed by atoms with van der Waals surface area (Å²) in [6, 6.07) is 4.49. The quantitative estimate of drug-likeness (QED) is 0.834. The predicted molar refractivity (Wildman–Crippen MR) is 61.3 cm³/mol. The summed E-state index contributed by atoms with van der Waals surface area (Å²) in [6.45, 7) is 0. The normalized spacial score (nSPS) is 17.8. The lowest BCUT2D eigenvalue weighted by atomic mass is 9.95. The van der Waals surface area contributed by atoms with Crippen molar-refractivity contribution in [3.8, 4) is 0 Å². The van der Waals surface area contributed by atoms with Crippen LogP contribution in [0.25, 0.3) is 5.65 Å². The highest BCUT2D eigenvalue weighted by molar-refractivity contribution is 5.43. The van der Waals surface area contributed by atoms with E-state index in [2.05, 4.69) is 20.6 Å². The lowest BCUT2D eigenvalue weighted by Crippen LogP contribution is -2.23. The highest BCUT2D eigenvalue weighted by Crippen LogP contribution is 2.20. The summed E-state index contributed by atoms with van der Waals surface area (Å²) in [4.78, 5) is 0. The fourth-order valence-corrected chi connectivity index (χ4v) is 2.26. The summed E-state index contributed by atoms with van der Waals surface area (Å²) in [7, 11) is 0. The zero-order valence-electron chi connectivity index (χ0n) is 9.13. The standard InChI is InChI=1S/C11H15N5/c1-2-4-9(5-3-1)13-10-6-7-11-14-12-8-16(11)15-10/h6-9H,1-5H2,(H,13,15). The fourth-order valence-electron chi connectivity index (χ4n) is 2.26. The van der Waals surface area contributed by atoms with Gasteiger partial charge in [-0.25, -0.2) is 0 Å². The number of anilines is 1. The first-order valence-electron chi connectivity index (χ1n) is 5.85. The lowest BCUT2D eigenvalue weighted by Gasteiger charge is -2.23. The van der Waals surface area contributed by atoms with Crippen molar-refractivity contribution in [2.24, 2.45) is 0 Å². The van der Waals surface area contributed by atoms with Gasteiger partial charge >= 0.3 is 0 Å². The minimum Gasteiger partial charge on any atom is -0.366 e. The highest BCUT2D eigenvalue weighted by Gasteiger charge is 2.13. The summed E-state index contributed by atoms with van der Waals surface area (Å²) in [5.41, 5.74) is 0.786. The molecular formula is C11H15N5. The van der Waals surface area contributed by atoms with E-state index in [0.717, 1.165) is 11.5 Å². The molecule has 0 atom stereocenters. The fraction of sp³-hybridized carbons (Fsp3) is 0.545. The van der Waals surface area contributed by atoms with Crippen LogP contribution >= 0.6 is 0 Å². The molecule has 1 aliphatic rings. The van der Waals surface area contributed by atoms with Crippen LogP contribution in [-0.4, -0.2) is 25.9 Å². The van der Waals surface area contributed by atoms with Gasteiger partial charge in [-0.15, -0.1) is 15.3 Å². The van der Waals surface area contributed by atoms with Crippen molar-refractivity contribution >= 4 is 11.5 Å². The molecule has 1 N–H and O–H groups in total. The highest BCUT2D eigenvalue weighted by atomic mass is 15.4. The Morgan fingerprint density at radius 2 is 2.06 bits per heavy atom. The van der Waals surface area contributed by atoms with Gasteiger partial charge in [-0.3, -0.25) is 0 Å². The number of hydrogen-bond donors (Lipinski definition) is 1. The minimum atomic E-state index is 0.579. The van der Waals surface area contributed by atoms with Crippen molar-refractivity contribution in [2.45, 2.75) is 38.1 Å². The van der Waals surface area contributed by atoms with Crippen LogP contribution in [0.15, 0.2) is 18.5 Å². The molecule has 0 spiro atoms. The Morgan fingerprint density at radius 1 is 1.19 bits per heavy atom. The zero-order chi connectivity index (χ0) is 10.8. The molecule has 2 aromatic rings. The molecule has 5 nitrogen and oxygen atoms in total. The number of aromatic nitrogens is 4. The Kier molecular flexibility index (Phi) is 2.44. The van der Waals surface area contributed by atoms with Crippen molar-refractivity contribution in [3.05, 3.63) is 18.5 Å². The first-order valence-corrected chi connectivity index (χ1v) is 5.85. The van der Waals surface area contributed by atoms with Crippen molar-refractivity contribution in [2.75, 3.05) is 5.32 Å². The van der Waals surface area contributed by atoms with E-state index < -0.39 is 0 Å². The van der Waals surface area contributed by atoms with Gasteiger partial charge in [0.2, 0.25) is 0 Å². The summed E-state index contributed by atoms with van der Waals surface area (Å²) in [6.07, 6.45) is 8.15. The summed E-state index contributed by atoms with van der Waals surface area (Å²) in [5, 5.41) is 15.6. The largest absolute Gasteiger partial charge is 0.366 e. The molecule has 5 heteroatoms. The van der Waals surface area contributed by atoms with Crippen LogP contribution in [0, 0.1) is 0 Å². The molecule has 2 heterocycles. The zero-order valence-corrected chi connectivity index (χ0v) is 9.13. The number of nitrogens with one attached hydrogen (secondary N) is 1. The monoisotopic (exact) mass is 217 g/mol. The van der Waals surface area contributed by atoms with Gasteiger partial charge in [0.25, 0.3) is 0 Å². The van der Waals surface area contributed by atoms with E-state index in [4.69, 9.17) is 0 Å². The van der Waals surface area contributed by atoms with Gasteiger partial charge in [0, 0.05) is 6.04 Å². The molecule has 0 aromatic carbocycles. The third kappa shape index (κ3) is 1.85. The van der Waals surface area contributed by atoms with Gasteiger partial charge in [0.05, 0.1) is 0 Å². The maximum absolute atomic E-state index is 4.41. The molecule has 84 valence electrons. The van der Waals surface area contributed by atoms with Crippen LogP contribution in [0.2, 0.25) is 0 Å². The first kappa shape index (κ1) is 9.57. The van der Waals surface area contributed by atoms with Gasteiger partial charge in [-0.2, -0.15) is 4.52 Å². The van der Waals surface area contributed by atoms with E-state index in [1.807, 2.05) is 12.1 Å². The molecular weight excluding hydrogens is 202 g/mol. The average Bonchev–Trinajstić information content (AvgIpc) is 2.77. The van der Waals surface area contributed by atoms with Crippen LogP contribution in [0.3, 0.4) is 0 Å². The van der Waals surface area contributed by atoms with Crippen molar-refractivity contribution in [3.63, 3.8) is 0 Å². The maximum Gasteiger partial charge on any atom is 0.177 e. The number of nitrogens with zero attached hydrogens (tertiary/aromatic N) is 4. The van der Waals surface area contributed by atoms with E-state index in [0.29, 0.717) is 6.04 Å². The Labute approximate surface area is 93.9 Å². The summed E-state index contributed by atoms with van der Waals surface area (Å²) in [5.74, 6) is 0.916. The van der Waals surface area contributed by atoms with Gasteiger partial charge in [-0.05, 0) is 25.0 Å². The Morgan fingerprint density at radius 3 is 2.94 bits per heavy atom. The maximum atomic E-state index is 4.41. The van der Waals surface area contributed by atoms with E-state index >= 15 is 0 Å². The van der Waals surface area contributed by atoms with Crippen LogP contribution < -0.4 is 5.32 Å². The molecule has 0 aliphatic heterocycles. The molecule has 16 heavy (non-hydrogen) atoms. The molecule has 3 rings (SSSR count). The molecule has 1 fully saturated rings. The summed E-state index contributed by atoms with van der Waals surface area (Å²) >= 11 is 0. The number of rotatable bonds is 2. The predicted octanol–water partition coefficient (Wildman–Crippen LogP) is 1.87. The molecule has 0 unspecified atom stereocenters. The second-order valence-corrected chi connectivity index (χ2v) is 4.33. The Balaban J connectivity index is 1.77. The third-order valence-corrected chi connectivity index (χ3v) is 3.12. The first-order chi connectivity index (χ1) is 7.92. The molecule has 0 bridgehead atoms. The number of fused-ring (bicyclic) bond motifs is 1. The molecule has 2 aromatic heterocycles. The van der Waals surface area contributed by atoms with Gasteiger partial charge < -0.3 is 5.32 Å².